The Kier molecular flexibility index (Phi) is 5.59. The van der Waals surface area contributed by atoms with Crippen molar-refractivity contribution in [2.75, 3.05) is 35.4 Å². The molecule has 2 fully saturated rings. The first kappa shape index (κ1) is 20.9. The molecule has 2 heterocycles. The smallest absolute Gasteiger partial charge is 0.252 e. The molecule has 4 rings (SSSR count). The highest BCUT2D eigenvalue weighted by Crippen LogP contribution is 2.41. The highest BCUT2D eigenvalue weighted by atomic mass is 32.2. The fourth-order valence-corrected chi connectivity index (χ4v) is 7.63. The normalized spacial score (nSPS) is 23.6. The molecule has 1 amide bonds. The summed E-state index contributed by atoms with van der Waals surface area (Å²) >= 11 is 1.34. The lowest BCUT2D eigenvalue weighted by Crippen LogP contribution is -2.37. The second-order valence-corrected chi connectivity index (χ2v) is 11.0. The van der Waals surface area contributed by atoms with E-state index in [-0.39, 0.29) is 40.9 Å². The fourth-order valence-electron chi connectivity index (χ4n) is 3.70. The van der Waals surface area contributed by atoms with E-state index in [1.165, 1.54) is 23.9 Å². The second-order valence-electron chi connectivity index (χ2n) is 7.67. The lowest BCUT2D eigenvalue weighted by atomic mass is 10.1. The topological polar surface area (TPSA) is 70.0 Å². The van der Waals surface area contributed by atoms with E-state index < -0.39 is 9.84 Å². The molecule has 6 nitrogen and oxygen atoms in total. The summed E-state index contributed by atoms with van der Waals surface area (Å²) in [5, 5.41) is 0.366. The minimum absolute atomic E-state index is 0.0469. The van der Waals surface area contributed by atoms with Gasteiger partial charge in [0.15, 0.2) is 15.0 Å². The molecule has 158 valence electrons. The first-order valence-corrected chi connectivity index (χ1v) is 12.2. The summed E-state index contributed by atoms with van der Waals surface area (Å²) in [7, 11) is 0.773. The van der Waals surface area contributed by atoms with Crippen molar-refractivity contribution in [3.63, 3.8) is 0 Å². The zero-order valence-electron chi connectivity index (χ0n) is 16.7. The minimum atomic E-state index is -3.12. The van der Waals surface area contributed by atoms with Gasteiger partial charge in [0.1, 0.15) is 5.82 Å². The lowest BCUT2D eigenvalue weighted by Gasteiger charge is -2.25. The van der Waals surface area contributed by atoms with Crippen LogP contribution in [0, 0.1) is 5.82 Å². The molecule has 0 aromatic heterocycles. The molecule has 2 atom stereocenters. The van der Waals surface area contributed by atoms with Crippen molar-refractivity contribution >= 4 is 44.0 Å². The van der Waals surface area contributed by atoms with Crippen molar-refractivity contribution < 1.29 is 17.6 Å². The van der Waals surface area contributed by atoms with Crippen LogP contribution in [0.3, 0.4) is 0 Å². The van der Waals surface area contributed by atoms with E-state index in [1.807, 2.05) is 48.2 Å². The van der Waals surface area contributed by atoms with Crippen LogP contribution in [0.15, 0.2) is 53.5 Å². The molecule has 9 heteroatoms. The SMILES string of the molecule is CN(C)c1ccc(N2C(=NC(=O)Cc3ccc(F)cc3)S[C@H]3CS(=O)(=O)C[C@@H]32)cc1. The van der Waals surface area contributed by atoms with E-state index in [0.29, 0.717) is 10.7 Å². The summed E-state index contributed by atoms with van der Waals surface area (Å²) in [5.41, 5.74) is 2.51. The van der Waals surface area contributed by atoms with Crippen LogP contribution in [-0.4, -0.2) is 56.4 Å². The number of carbonyl (C=O) groups is 1. The summed E-state index contributed by atoms with van der Waals surface area (Å²) in [5.74, 6) is -0.572. The third-order valence-corrected chi connectivity index (χ3v) is 8.41. The highest BCUT2D eigenvalue weighted by Gasteiger charge is 2.49. The maximum absolute atomic E-state index is 13.1. The monoisotopic (exact) mass is 447 g/mol. The molecule has 0 spiro atoms. The third-order valence-electron chi connectivity index (χ3n) is 5.20. The van der Waals surface area contributed by atoms with Gasteiger partial charge in [-0.05, 0) is 42.0 Å². The van der Waals surface area contributed by atoms with E-state index in [2.05, 4.69) is 4.99 Å². The largest absolute Gasteiger partial charge is 0.378 e. The minimum Gasteiger partial charge on any atom is -0.378 e. The Morgan fingerprint density at radius 3 is 2.43 bits per heavy atom. The van der Waals surface area contributed by atoms with Gasteiger partial charge in [0.05, 0.1) is 24.0 Å². The number of carbonyl (C=O) groups excluding carboxylic acids is 1. The van der Waals surface area contributed by atoms with Crippen molar-refractivity contribution in [3.8, 4) is 0 Å². The van der Waals surface area contributed by atoms with Crippen LogP contribution in [0.2, 0.25) is 0 Å². The molecule has 0 saturated carbocycles. The van der Waals surface area contributed by atoms with Gasteiger partial charge in [-0.15, -0.1) is 0 Å². The van der Waals surface area contributed by atoms with Gasteiger partial charge in [0.25, 0.3) is 5.91 Å². The van der Waals surface area contributed by atoms with E-state index in [4.69, 9.17) is 0 Å². The van der Waals surface area contributed by atoms with Crippen molar-refractivity contribution in [1.29, 1.82) is 0 Å². The number of hydrogen-bond acceptors (Lipinski definition) is 5. The molecular formula is C21H22FN3O3S2. The maximum atomic E-state index is 13.1. The third kappa shape index (κ3) is 4.37. The van der Waals surface area contributed by atoms with Gasteiger partial charge in [-0.25, -0.2) is 12.8 Å². The Labute approximate surface area is 179 Å². The molecular weight excluding hydrogens is 425 g/mol. The van der Waals surface area contributed by atoms with Crippen molar-refractivity contribution in [1.82, 2.24) is 0 Å². The number of rotatable bonds is 4. The van der Waals surface area contributed by atoms with Crippen molar-refractivity contribution in [2.45, 2.75) is 17.7 Å². The molecule has 2 aromatic carbocycles. The number of nitrogens with zero attached hydrogens (tertiary/aromatic N) is 3. The number of aliphatic imine (C=N–C) groups is 1. The number of hydrogen-bond donors (Lipinski definition) is 0. The zero-order chi connectivity index (χ0) is 21.5. The number of anilines is 2. The van der Waals surface area contributed by atoms with Crippen LogP contribution < -0.4 is 9.80 Å². The van der Waals surface area contributed by atoms with Crippen LogP contribution in [0.1, 0.15) is 5.56 Å². The zero-order valence-corrected chi connectivity index (χ0v) is 18.3. The molecule has 30 heavy (non-hydrogen) atoms. The number of thioether (sulfide) groups is 1. The van der Waals surface area contributed by atoms with Gasteiger partial charge in [0.2, 0.25) is 0 Å². The lowest BCUT2D eigenvalue weighted by molar-refractivity contribution is -0.117. The number of fused-ring (bicyclic) bond motifs is 1. The summed E-state index contributed by atoms with van der Waals surface area (Å²) in [6.45, 7) is 0. The van der Waals surface area contributed by atoms with Crippen molar-refractivity contribution in [2.24, 2.45) is 4.99 Å². The van der Waals surface area contributed by atoms with Gasteiger partial charge < -0.3 is 9.80 Å². The predicted molar refractivity (Wildman–Crippen MR) is 120 cm³/mol. The summed E-state index contributed by atoms with van der Waals surface area (Å²) in [6.07, 6.45) is 0.0609. The molecule has 2 saturated heterocycles. The Balaban J connectivity index is 1.62. The molecule has 0 radical (unpaired) electrons. The second kappa shape index (κ2) is 8.03. The first-order chi connectivity index (χ1) is 14.2. The Hall–Kier alpha value is -2.39. The number of benzene rings is 2. The molecule has 2 aromatic rings. The number of amides is 1. The quantitative estimate of drug-likeness (QED) is 0.718. The van der Waals surface area contributed by atoms with E-state index in [0.717, 1.165) is 11.4 Å². The predicted octanol–water partition coefficient (Wildman–Crippen LogP) is 2.74. The summed E-state index contributed by atoms with van der Waals surface area (Å²) < 4.78 is 37.4. The molecule has 0 N–H and O–H groups in total. The standard InChI is InChI=1S/C21H22FN3O3S2/c1-24(2)16-7-9-17(10-8-16)25-18-12-30(27,28)13-19(18)29-21(25)23-20(26)11-14-3-5-15(22)6-4-14/h3-10,18-19H,11-13H2,1-2H3/t18-,19-/m0/s1. The Morgan fingerprint density at radius 1 is 1.13 bits per heavy atom. The average molecular weight is 448 g/mol. The molecule has 0 aliphatic carbocycles. The molecule has 0 unspecified atom stereocenters. The van der Waals surface area contributed by atoms with E-state index in [1.54, 1.807) is 12.1 Å². The molecule has 0 bridgehead atoms. The Morgan fingerprint density at radius 2 is 1.80 bits per heavy atom. The number of sulfone groups is 1. The van der Waals surface area contributed by atoms with Gasteiger partial charge in [-0.3, -0.25) is 4.79 Å². The average Bonchev–Trinajstić information content (AvgIpc) is 3.14. The van der Waals surface area contributed by atoms with Gasteiger partial charge in [-0.2, -0.15) is 4.99 Å². The summed E-state index contributed by atoms with van der Waals surface area (Å²) in [4.78, 5) is 20.7. The molecule has 2 aliphatic rings. The van der Waals surface area contributed by atoms with Crippen LogP contribution >= 0.6 is 11.8 Å². The first-order valence-electron chi connectivity index (χ1n) is 9.51. The Bertz CT molecular complexity index is 1080. The maximum Gasteiger partial charge on any atom is 0.252 e. The molecule has 2 aliphatic heterocycles. The van der Waals surface area contributed by atoms with Gasteiger partial charge >= 0.3 is 0 Å². The van der Waals surface area contributed by atoms with E-state index >= 15 is 0 Å². The fraction of sp³-hybridized carbons (Fsp3) is 0.333. The highest BCUT2D eigenvalue weighted by molar-refractivity contribution is 8.16. The van der Waals surface area contributed by atoms with Crippen LogP contribution in [0.25, 0.3) is 0 Å². The van der Waals surface area contributed by atoms with Gasteiger partial charge in [-0.1, -0.05) is 23.9 Å². The van der Waals surface area contributed by atoms with Gasteiger partial charge in [0, 0.05) is 30.7 Å². The van der Waals surface area contributed by atoms with Crippen LogP contribution in [0.4, 0.5) is 15.8 Å². The van der Waals surface area contributed by atoms with Crippen LogP contribution in [-0.2, 0) is 21.1 Å². The van der Waals surface area contributed by atoms with E-state index in [9.17, 15) is 17.6 Å². The number of amidine groups is 1. The summed E-state index contributed by atoms with van der Waals surface area (Å²) in [6, 6.07) is 13.3. The van der Waals surface area contributed by atoms with Crippen LogP contribution in [0.5, 0.6) is 0 Å². The van der Waals surface area contributed by atoms with Crippen molar-refractivity contribution in [3.05, 3.63) is 59.9 Å². The number of halogens is 1.